The molecule has 1 N–H and O–H groups in total. The summed E-state index contributed by atoms with van der Waals surface area (Å²) in [5, 5.41) is 3.39. The quantitative estimate of drug-likeness (QED) is 0.425. The molecular weight excluding hydrogens is 472 g/mol. The number of nitrogens with zero attached hydrogens (tertiary/aromatic N) is 1. The van der Waals surface area contributed by atoms with Crippen LogP contribution in [-0.2, 0) is 21.2 Å². The van der Waals surface area contributed by atoms with Crippen molar-refractivity contribution in [1.82, 2.24) is 5.32 Å². The SMILES string of the molecule is COc1ccc(C)cc1S(=O)(=O)N(CC(=O)N[C@@H](C)CCc1ccccc1)c1ccc(Cl)cc1. The number of halogens is 1. The van der Waals surface area contributed by atoms with Crippen molar-refractivity contribution in [3.8, 4) is 5.75 Å². The molecule has 3 rings (SSSR count). The summed E-state index contributed by atoms with van der Waals surface area (Å²) in [6.07, 6.45) is 1.54. The number of aryl methyl sites for hydroxylation is 2. The zero-order valence-electron chi connectivity index (χ0n) is 19.5. The molecule has 0 aliphatic heterocycles. The summed E-state index contributed by atoms with van der Waals surface area (Å²) in [5.41, 5.74) is 2.27. The lowest BCUT2D eigenvalue weighted by Crippen LogP contribution is -2.43. The molecule has 0 radical (unpaired) electrons. The van der Waals surface area contributed by atoms with Gasteiger partial charge in [-0.05, 0) is 74.2 Å². The molecule has 0 saturated carbocycles. The van der Waals surface area contributed by atoms with E-state index in [9.17, 15) is 13.2 Å². The maximum Gasteiger partial charge on any atom is 0.268 e. The number of nitrogens with one attached hydrogen (secondary N) is 1. The predicted octanol–water partition coefficient (Wildman–Crippen LogP) is 4.99. The third-order valence-corrected chi connectivity index (χ3v) is 7.45. The third kappa shape index (κ3) is 6.52. The fourth-order valence-corrected chi connectivity index (χ4v) is 5.37. The molecule has 0 bridgehead atoms. The highest BCUT2D eigenvalue weighted by Crippen LogP contribution is 2.31. The van der Waals surface area contributed by atoms with Crippen molar-refractivity contribution in [3.05, 3.63) is 88.9 Å². The van der Waals surface area contributed by atoms with Crippen molar-refractivity contribution in [1.29, 1.82) is 0 Å². The van der Waals surface area contributed by atoms with E-state index in [1.54, 1.807) is 43.3 Å². The number of amides is 1. The van der Waals surface area contributed by atoms with Crippen LogP contribution < -0.4 is 14.4 Å². The summed E-state index contributed by atoms with van der Waals surface area (Å²) in [4.78, 5) is 12.9. The van der Waals surface area contributed by atoms with E-state index in [1.165, 1.54) is 18.7 Å². The van der Waals surface area contributed by atoms with Gasteiger partial charge in [-0.2, -0.15) is 0 Å². The molecule has 6 nitrogen and oxygen atoms in total. The van der Waals surface area contributed by atoms with Crippen molar-refractivity contribution in [2.45, 2.75) is 37.6 Å². The van der Waals surface area contributed by atoms with E-state index in [0.29, 0.717) is 10.7 Å². The van der Waals surface area contributed by atoms with Gasteiger partial charge in [0.05, 0.1) is 12.8 Å². The van der Waals surface area contributed by atoms with Crippen LogP contribution in [0.5, 0.6) is 5.75 Å². The number of anilines is 1. The highest BCUT2D eigenvalue weighted by molar-refractivity contribution is 7.93. The second kappa shape index (κ2) is 11.4. The molecular formula is C26H29ClN2O4S. The van der Waals surface area contributed by atoms with Crippen LogP contribution in [0.2, 0.25) is 5.02 Å². The Labute approximate surface area is 206 Å². The molecule has 180 valence electrons. The second-order valence-corrected chi connectivity index (χ2v) is 10.4. The molecule has 1 atom stereocenters. The summed E-state index contributed by atoms with van der Waals surface area (Å²) in [6.45, 7) is 3.33. The Kier molecular flexibility index (Phi) is 8.58. The minimum atomic E-state index is -4.11. The lowest BCUT2D eigenvalue weighted by molar-refractivity contribution is -0.120. The summed E-state index contributed by atoms with van der Waals surface area (Å²) in [7, 11) is -2.70. The Morgan fingerprint density at radius 1 is 1.06 bits per heavy atom. The number of carbonyl (C=O) groups excluding carboxylic acids is 1. The van der Waals surface area contributed by atoms with Gasteiger partial charge in [0.2, 0.25) is 5.91 Å². The molecule has 0 fully saturated rings. The fourth-order valence-electron chi connectivity index (χ4n) is 3.58. The van der Waals surface area contributed by atoms with Gasteiger partial charge in [0, 0.05) is 11.1 Å². The van der Waals surface area contributed by atoms with Crippen LogP contribution in [0, 0.1) is 6.92 Å². The Hall–Kier alpha value is -3.03. The summed E-state index contributed by atoms with van der Waals surface area (Å²) >= 11 is 6.01. The first-order valence-electron chi connectivity index (χ1n) is 11.0. The van der Waals surface area contributed by atoms with E-state index in [-0.39, 0.29) is 23.2 Å². The number of ether oxygens (including phenoxy) is 1. The standard InChI is InChI=1S/C26H29ClN2O4S/c1-19-9-16-24(33-3)25(17-19)34(31,32)29(23-14-12-22(27)13-15-23)18-26(30)28-20(2)10-11-21-7-5-4-6-8-21/h4-9,12-17,20H,10-11,18H2,1-3H3,(H,28,30)/t20-/m0/s1. The molecule has 8 heteroatoms. The molecule has 1 amide bonds. The normalized spacial score (nSPS) is 12.1. The van der Waals surface area contributed by atoms with Crippen molar-refractivity contribution in [3.63, 3.8) is 0 Å². The van der Waals surface area contributed by atoms with Crippen LogP contribution in [-0.4, -0.2) is 34.0 Å². The van der Waals surface area contributed by atoms with E-state index >= 15 is 0 Å². The van der Waals surface area contributed by atoms with Crippen LogP contribution in [0.4, 0.5) is 5.69 Å². The fraction of sp³-hybridized carbons (Fsp3) is 0.269. The highest BCUT2D eigenvalue weighted by Gasteiger charge is 2.30. The van der Waals surface area contributed by atoms with Crippen molar-refractivity contribution in [2.75, 3.05) is 18.0 Å². The molecule has 0 spiro atoms. The second-order valence-electron chi connectivity index (χ2n) is 8.14. The first-order chi connectivity index (χ1) is 16.2. The number of sulfonamides is 1. The molecule has 0 heterocycles. The molecule has 3 aromatic carbocycles. The third-order valence-electron chi connectivity index (χ3n) is 5.41. The number of hydrogen-bond donors (Lipinski definition) is 1. The van der Waals surface area contributed by atoms with E-state index in [0.717, 1.165) is 22.7 Å². The van der Waals surface area contributed by atoms with Gasteiger partial charge in [0.15, 0.2) is 0 Å². The van der Waals surface area contributed by atoms with Crippen LogP contribution in [0.3, 0.4) is 0 Å². The van der Waals surface area contributed by atoms with Gasteiger partial charge in [0.1, 0.15) is 17.2 Å². The van der Waals surface area contributed by atoms with E-state index < -0.39 is 15.9 Å². The largest absolute Gasteiger partial charge is 0.495 e. The number of benzene rings is 3. The number of methoxy groups -OCH3 is 1. The van der Waals surface area contributed by atoms with Gasteiger partial charge in [-0.25, -0.2) is 8.42 Å². The topological polar surface area (TPSA) is 75.7 Å². The number of carbonyl (C=O) groups is 1. The van der Waals surface area contributed by atoms with Crippen LogP contribution in [0.25, 0.3) is 0 Å². The zero-order valence-corrected chi connectivity index (χ0v) is 21.1. The monoisotopic (exact) mass is 500 g/mol. The van der Waals surface area contributed by atoms with Gasteiger partial charge in [0.25, 0.3) is 10.0 Å². The predicted molar refractivity (Wildman–Crippen MR) is 136 cm³/mol. The Balaban J connectivity index is 1.83. The van der Waals surface area contributed by atoms with Gasteiger partial charge >= 0.3 is 0 Å². The number of rotatable bonds is 10. The summed E-state index contributed by atoms with van der Waals surface area (Å²) < 4.78 is 33.8. The molecule has 0 aliphatic rings. The summed E-state index contributed by atoms with van der Waals surface area (Å²) in [6, 6.07) is 21.1. The average Bonchev–Trinajstić information content (AvgIpc) is 2.82. The van der Waals surface area contributed by atoms with Crippen molar-refractivity contribution in [2.24, 2.45) is 0 Å². The Morgan fingerprint density at radius 2 is 1.74 bits per heavy atom. The van der Waals surface area contributed by atoms with Crippen molar-refractivity contribution < 1.29 is 17.9 Å². The average molecular weight is 501 g/mol. The van der Waals surface area contributed by atoms with Crippen LogP contribution in [0.15, 0.2) is 77.7 Å². The van der Waals surface area contributed by atoms with Gasteiger partial charge < -0.3 is 10.1 Å². The van der Waals surface area contributed by atoms with Crippen LogP contribution in [0.1, 0.15) is 24.5 Å². The summed E-state index contributed by atoms with van der Waals surface area (Å²) in [5.74, 6) is -0.188. The number of hydrogen-bond acceptors (Lipinski definition) is 4. The lowest BCUT2D eigenvalue weighted by atomic mass is 10.1. The van der Waals surface area contributed by atoms with Crippen molar-refractivity contribution >= 4 is 33.2 Å². The molecule has 34 heavy (non-hydrogen) atoms. The Bertz CT molecular complexity index is 1220. The van der Waals surface area contributed by atoms with E-state index in [4.69, 9.17) is 16.3 Å². The molecule has 0 saturated heterocycles. The minimum Gasteiger partial charge on any atom is -0.495 e. The first-order valence-corrected chi connectivity index (χ1v) is 12.8. The first kappa shape index (κ1) is 25.6. The maximum absolute atomic E-state index is 13.7. The zero-order chi connectivity index (χ0) is 24.7. The Morgan fingerprint density at radius 3 is 2.38 bits per heavy atom. The minimum absolute atomic E-state index is 0.00474. The van der Waals surface area contributed by atoms with Crippen LogP contribution >= 0.6 is 11.6 Å². The molecule has 0 aromatic heterocycles. The van der Waals surface area contributed by atoms with E-state index in [1.807, 2.05) is 37.3 Å². The van der Waals surface area contributed by atoms with Gasteiger partial charge in [-0.15, -0.1) is 0 Å². The highest BCUT2D eigenvalue weighted by atomic mass is 35.5. The van der Waals surface area contributed by atoms with E-state index in [2.05, 4.69) is 5.32 Å². The van der Waals surface area contributed by atoms with Gasteiger partial charge in [-0.3, -0.25) is 9.10 Å². The van der Waals surface area contributed by atoms with Gasteiger partial charge in [-0.1, -0.05) is 48.0 Å². The lowest BCUT2D eigenvalue weighted by Gasteiger charge is -2.26. The molecule has 0 aliphatic carbocycles. The smallest absolute Gasteiger partial charge is 0.268 e. The molecule has 3 aromatic rings. The maximum atomic E-state index is 13.7. The molecule has 0 unspecified atom stereocenters.